The minimum Gasteiger partial charge on any atom is -0.469 e. The van der Waals surface area contributed by atoms with Gasteiger partial charge in [-0.1, -0.05) is 24.6 Å². The van der Waals surface area contributed by atoms with E-state index in [9.17, 15) is 9.59 Å². The Kier molecular flexibility index (Phi) is 7.75. The number of esters is 1. The molecule has 0 saturated heterocycles. The van der Waals surface area contributed by atoms with Gasteiger partial charge in [0, 0.05) is 18.7 Å². The third-order valence-corrected chi connectivity index (χ3v) is 3.72. The topological polar surface area (TPSA) is 49.9 Å². The predicted octanol–water partition coefficient (Wildman–Crippen LogP) is 2.20. The molecular formula is C18H28N2O3. The van der Waals surface area contributed by atoms with Gasteiger partial charge in [-0.05, 0) is 46.1 Å². The zero-order chi connectivity index (χ0) is 17.4. The lowest BCUT2D eigenvalue weighted by atomic mass is 10.1. The minimum atomic E-state index is -0.339. The highest BCUT2D eigenvalue weighted by atomic mass is 16.5. The van der Waals surface area contributed by atoms with E-state index in [1.54, 1.807) is 11.8 Å². The molecule has 0 radical (unpaired) electrons. The van der Waals surface area contributed by atoms with Crippen LogP contribution < -0.4 is 0 Å². The van der Waals surface area contributed by atoms with Gasteiger partial charge < -0.3 is 14.5 Å². The first kappa shape index (κ1) is 19.2. The molecule has 128 valence electrons. The fourth-order valence-electron chi connectivity index (χ4n) is 2.34. The zero-order valence-electron chi connectivity index (χ0n) is 14.8. The van der Waals surface area contributed by atoms with Gasteiger partial charge in [-0.25, -0.2) is 0 Å². The van der Waals surface area contributed by atoms with E-state index < -0.39 is 0 Å². The summed E-state index contributed by atoms with van der Waals surface area (Å²) in [5.41, 5.74) is 1.76. The van der Waals surface area contributed by atoms with E-state index in [-0.39, 0.29) is 17.8 Å². The van der Waals surface area contributed by atoms with E-state index >= 15 is 0 Å². The molecule has 1 unspecified atom stereocenters. The summed E-state index contributed by atoms with van der Waals surface area (Å²) in [6, 6.07) is 7.52. The van der Waals surface area contributed by atoms with Crippen LogP contribution in [0, 0.1) is 12.8 Å². The number of hydrogen-bond donors (Lipinski definition) is 0. The van der Waals surface area contributed by atoms with Crippen molar-refractivity contribution in [3.8, 4) is 0 Å². The van der Waals surface area contributed by atoms with Crippen molar-refractivity contribution in [1.82, 2.24) is 9.80 Å². The van der Waals surface area contributed by atoms with Crippen LogP contribution in [-0.2, 0) is 9.53 Å². The van der Waals surface area contributed by atoms with Crippen molar-refractivity contribution in [2.75, 3.05) is 40.8 Å². The Bertz CT molecular complexity index is 512. The maximum absolute atomic E-state index is 12.7. The largest absolute Gasteiger partial charge is 0.469 e. The second-order valence-electron chi connectivity index (χ2n) is 6.20. The number of nitrogens with zero attached hydrogens (tertiary/aromatic N) is 2. The van der Waals surface area contributed by atoms with Crippen molar-refractivity contribution in [3.05, 3.63) is 35.4 Å². The number of carbonyl (C=O) groups is 2. The monoisotopic (exact) mass is 320 g/mol. The Labute approximate surface area is 139 Å². The first-order valence-corrected chi connectivity index (χ1v) is 7.93. The van der Waals surface area contributed by atoms with E-state index in [0.717, 1.165) is 18.5 Å². The number of aryl methyl sites for hydroxylation is 1. The van der Waals surface area contributed by atoms with Crippen LogP contribution in [0.3, 0.4) is 0 Å². The lowest BCUT2D eigenvalue weighted by molar-refractivity contribution is -0.145. The van der Waals surface area contributed by atoms with Crippen LogP contribution in [0.15, 0.2) is 24.3 Å². The molecule has 0 spiro atoms. The van der Waals surface area contributed by atoms with Crippen LogP contribution in [0.25, 0.3) is 0 Å². The molecule has 0 aliphatic carbocycles. The Morgan fingerprint density at radius 1 is 1.13 bits per heavy atom. The second-order valence-corrected chi connectivity index (χ2v) is 6.20. The number of rotatable bonds is 8. The van der Waals surface area contributed by atoms with Gasteiger partial charge in [-0.15, -0.1) is 0 Å². The summed E-state index contributed by atoms with van der Waals surface area (Å²) in [6.45, 7) is 5.65. The van der Waals surface area contributed by atoms with Crippen LogP contribution >= 0.6 is 0 Å². The number of hydrogen-bond acceptors (Lipinski definition) is 4. The Balaban J connectivity index is 2.81. The van der Waals surface area contributed by atoms with Gasteiger partial charge in [0.25, 0.3) is 5.91 Å². The van der Waals surface area contributed by atoms with Crippen molar-refractivity contribution in [2.45, 2.75) is 20.3 Å². The molecule has 0 heterocycles. The molecule has 0 fully saturated rings. The lowest BCUT2D eigenvalue weighted by Gasteiger charge is -2.26. The zero-order valence-corrected chi connectivity index (χ0v) is 14.8. The molecule has 0 aliphatic rings. The molecule has 1 aromatic rings. The van der Waals surface area contributed by atoms with Gasteiger partial charge in [0.2, 0.25) is 0 Å². The molecule has 0 aliphatic heterocycles. The van der Waals surface area contributed by atoms with Crippen LogP contribution in [0.2, 0.25) is 0 Å². The number of amides is 1. The van der Waals surface area contributed by atoms with Crippen molar-refractivity contribution in [1.29, 1.82) is 0 Å². The van der Waals surface area contributed by atoms with Gasteiger partial charge >= 0.3 is 5.97 Å². The maximum atomic E-state index is 12.7. The molecule has 0 aromatic heterocycles. The quantitative estimate of drug-likeness (QED) is 0.689. The highest BCUT2D eigenvalue weighted by Gasteiger charge is 2.22. The summed E-state index contributed by atoms with van der Waals surface area (Å²) in [4.78, 5) is 28.2. The lowest BCUT2D eigenvalue weighted by Crippen LogP contribution is -2.38. The molecule has 0 bridgehead atoms. The summed E-state index contributed by atoms with van der Waals surface area (Å²) >= 11 is 0. The average Bonchev–Trinajstić information content (AvgIpc) is 2.52. The molecule has 1 rings (SSSR count). The summed E-state index contributed by atoms with van der Waals surface area (Å²) in [5, 5.41) is 0. The predicted molar refractivity (Wildman–Crippen MR) is 91.4 cm³/mol. The first-order valence-electron chi connectivity index (χ1n) is 7.93. The van der Waals surface area contributed by atoms with Gasteiger partial charge in [-0.2, -0.15) is 0 Å². The van der Waals surface area contributed by atoms with Crippen molar-refractivity contribution >= 4 is 11.9 Å². The van der Waals surface area contributed by atoms with E-state index in [4.69, 9.17) is 4.74 Å². The normalized spacial score (nSPS) is 12.1. The molecule has 5 nitrogen and oxygen atoms in total. The molecule has 23 heavy (non-hydrogen) atoms. The van der Waals surface area contributed by atoms with Gasteiger partial charge in [-0.3, -0.25) is 9.59 Å². The van der Waals surface area contributed by atoms with Crippen LogP contribution in [0.4, 0.5) is 0 Å². The molecule has 5 heteroatoms. The highest BCUT2D eigenvalue weighted by molar-refractivity contribution is 5.94. The molecule has 1 atom stereocenters. The smallest absolute Gasteiger partial charge is 0.310 e. The van der Waals surface area contributed by atoms with E-state index in [0.29, 0.717) is 18.7 Å². The third-order valence-electron chi connectivity index (χ3n) is 3.72. The third kappa shape index (κ3) is 6.40. The first-order chi connectivity index (χ1) is 10.8. The van der Waals surface area contributed by atoms with Crippen molar-refractivity contribution < 1.29 is 14.3 Å². The number of ether oxygens (including phenoxy) is 1. The molecule has 0 N–H and O–H groups in total. The summed E-state index contributed by atoms with van der Waals surface area (Å²) < 4.78 is 4.77. The second kappa shape index (κ2) is 9.30. The Morgan fingerprint density at radius 3 is 2.26 bits per heavy atom. The van der Waals surface area contributed by atoms with Crippen LogP contribution in [0.1, 0.15) is 29.3 Å². The fourth-order valence-corrected chi connectivity index (χ4v) is 2.34. The van der Waals surface area contributed by atoms with Gasteiger partial charge in [0.15, 0.2) is 0 Å². The van der Waals surface area contributed by atoms with Gasteiger partial charge in [0.1, 0.15) is 0 Å². The summed E-state index contributed by atoms with van der Waals surface area (Å²) in [5.74, 6) is -0.674. The fraction of sp³-hybridized carbons (Fsp3) is 0.556. The Hall–Kier alpha value is -1.88. The number of benzene rings is 1. The highest BCUT2D eigenvalue weighted by Crippen LogP contribution is 2.11. The van der Waals surface area contributed by atoms with Crippen LogP contribution in [0.5, 0.6) is 0 Å². The van der Waals surface area contributed by atoms with Gasteiger partial charge in [0.05, 0.1) is 13.0 Å². The van der Waals surface area contributed by atoms with E-state index in [2.05, 4.69) is 4.90 Å². The summed E-state index contributed by atoms with van der Waals surface area (Å²) in [6.07, 6.45) is 0.860. The van der Waals surface area contributed by atoms with E-state index in [1.165, 1.54) is 7.11 Å². The number of methoxy groups -OCH3 is 1. The standard InChI is InChI=1S/C18H28N2O3/c1-14-7-9-16(10-8-14)17(21)20(12-6-11-19(3)4)13-15(2)18(22)23-5/h7-10,15H,6,11-13H2,1-5H3. The van der Waals surface area contributed by atoms with Crippen molar-refractivity contribution in [3.63, 3.8) is 0 Å². The summed E-state index contributed by atoms with van der Waals surface area (Å²) in [7, 11) is 5.38. The SMILES string of the molecule is COC(=O)C(C)CN(CCCN(C)C)C(=O)c1ccc(C)cc1. The van der Waals surface area contributed by atoms with Crippen molar-refractivity contribution in [2.24, 2.45) is 5.92 Å². The molecule has 1 aromatic carbocycles. The van der Waals surface area contributed by atoms with Crippen LogP contribution in [-0.4, -0.2) is 62.5 Å². The molecule has 0 saturated carbocycles. The average molecular weight is 320 g/mol. The van der Waals surface area contributed by atoms with E-state index in [1.807, 2.05) is 45.3 Å². The minimum absolute atomic E-state index is 0.0421. The Morgan fingerprint density at radius 2 is 1.74 bits per heavy atom. The molecule has 1 amide bonds. The maximum Gasteiger partial charge on any atom is 0.310 e. The molecular weight excluding hydrogens is 292 g/mol. The number of carbonyl (C=O) groups excluding carboxylic acids is 2.